The summed E-state index contributed by atoms with van der Waals surface area (Å²) in [5.41, 5.74) is -1.46. The first-order valence-electron chi connectivity index (χ1n) is 6.83. The van der Waals surface area contributed by atoms with Crippen LogP contribution in [-0.4, -0.2) is 58.4 Å². The van der Waals surface area contributed by atoms with Gasteiger partial charge < -0.3 is 19.7 Å². The smallest absolute Gasteiger partial charge is 0.407 e. The maximum absolute atomic E-state index is 13.7. The zero-order valence-corrected chi connectivity index (χ0v) is 14.2. The highest BCUT2D eigenvalue weighted by atomic mass is 19.4. The molecule has 0 spiro atoms. The van der Waals surface area contributed by atoms with Crippen molar-refractivity contribution in [2.45, 2.75) is 43.5 Å². The van der Waals surface area contributed by atoms with Gasteiger partial charge in [-0.1, -0.05) is 13.2 Å². The van der Waals surface area contributed by atoms with Crippen molar-refractivity contribution in [2.24, 2.45) is 0 Å². The van der Waals surface area contributed by atoms with Crippen molar-refractivity contribution in [3.63, 3.8) is 0 Å². The lowest BCUT2D eigenvalue weighted by atomic mass is 9.97. The Bertz CT molecular complexity index is 671. The summed E-state index contributed by atoms with van der Waals surface area (Å²) in [7, 11) is 0. The van der Waals surface area contributed by atoms with Crippen LogP contribution in [0.2, 0.25) is 0 Å². The van der Waals surface area contributed by atoms with Crippen molar-refractivity contribution >= 4 is 11.9 Å². The molecule has 0 aromatic rings. The molecule has 0 amide bonds. The Morgan fingerprint density at radius 3 is 1.54 bits per heavy atom. The maximum Gasteiger partial charge on any atom is 0.407 e. The Kier molecular flexibility index (Phi) is 7.05. The largest absolute Gasteiger partial charge is 0.456 e. The summed E-state index contributed by atoms with van der Waals surface area (Å²) in [5.74, 6) is -36.7. The average molecular weight is 430 g/mol. The van der Waals surface area contributed by atoms with Crippen LogP contribution in [0.1, 0.15) is 13.8 Å². The van der Waals surface area contributed by atoms with E-state index in [4.69, 9.17) is 10.2 Å². The van der Waals surface area contributed by atoms with E-state index in [0.717, 1.165) is 13.8 Å². The fraction of sp³-hybridized carbons (Fsp3) is 0.571. The molecule has 0 radical (unpaired) electrons. The molecule has 0 aliphatic carbocycles. The van der Waals surface area contributed by atoms with Crippen molar-refractivity contribution in [3.05, 3.63) is 24.3 Å². The molecule has 0 heterocycles. The molecule has 0 unspecified atom stereocenters. The van der Waals surface area contributed by atoms with Gasteiger partial charge in [0.2, 0.25) is 0 Å². The minimum atomic E-state index is -7.22. The summed E-state index contributed by atoms with van der Waals surface area (Å²) < 4.78 is 115. The first-order chi connectivity index (χ1) is 12.2. The zero-order chi connectivity index (χ0) is 22.9. The van der Waals surface area contributed by atoms with E-state index in [1.807, 2.05) is 0 Å². The van der Waals surface area contributed by atoms with Gasteiger partial charge in [-0.25, -0.2) is 9.59 Å². The number of carbonyl (C=O) groups is 2. The van der Waals surface area contributed by atoms with Gasteiger partial charge in [0.1, 0.15) is 0 Å². The molecule has 0 aromatic heterocycles. The standard InChI is InChI=1S/C14H14F8O6/c1-6(2)8(23)27-5-10(15,16)11(17,18)12(19,20)13(21,22)14(25,26)28-9(24)7(3)4/h25-26H,1,3,5H2,2,4H3. The topological polar surface area (TPSA) is 93.1 Å². The van der Waals surface area contributed by atoms with Crippen LogP contribution >= 0.6 is 0 Å². The number of ether oxygens (including phenoxy) is 2. The SMILES string of the molecule is C=C(C)C(=O)OCC(F)(F)C(F)(F)C(F)(F)C(F)(F)C(O)(O)OC(=O)C(=C)C. The summed E-state index contributed by atoms with van der Waals surface area (Å²) in [6, 6.07) is 0. The summed E-state index contributed by atoms with van der Waals surface area (Å²) >= 11 is 0. The van der Waals surface area contributed by atoms with E-state index in [9.17, 15) is 44.7 Å². The fourth-order valence-electron chi connectivity index (χ4n) is 1.28. The van der Waals surface area contributed by atoms with E-state index in [1.165, 1.54) is 0 Å². The molecular formula is C14H14F8O6. The van der Waals surface area contributed by atoms with Gasteiger partial charge in [-0.15, -0.1) is 0 Å². The molecule has 0 fully saturated rings. The molecule has 0 saturated carbocycles. The van der Waals surface area contributed by atoms with E-state index in [1.54, 1.807) is 0 Å². The molecule has 0 atom stereocenters. The summed E-state index contributed by atoms with van der Waals surface area (Å²) in [5, 5.41) is 17.8. The molecule has 0 aliphatic heterocycles. The van der Waals surface area contributed by atoms with Gasteiger partial charge in [0, 0.05) is 11.1 Å². The Hall–Kier alpha value is -2.22. The minimum Gasteiger partial charge on any atom is -0.456 e. The Morgan fingerprint density at radius 1 is 0.786 bits per heavy atom. The maximum atomic E-state index is 13.7. The van der Waals surface area contributed by atoms with Crippen LogP contribution < -0.4 is 0 Å². The van der Waals surface area contributed by atoms with Gasteiger partial charge in [-0.05, 0) is 13.8 Å². The molecule has 0 aromatic carbocycles. The van der Waals surface area contributed by atoms with E-state index < -0.39 is 59.4 Å². The number of alkyl halides is 8. The third-order valence-electron chi connectivity index (χ3n) is 2.97. The van der Waals surface area contributed by atoms with Gasteiger partial charge in [0.25, 0.3) is 0 Å². The van der Waals surface area contributed by atoms with Crippen LogP contribution in [0, 0.1) is 0 Å². The second-order valence-electron chi connectivity index (χ2n) is 5.56. The van der Waals surface area contributed by atoms with Crippen molar-refractivity contribution in [2.75, 3.05) is 6.61 Å². The van der Waals surface area contributed by atoms with Crippen molar-refractivity contribution < 1.29 is 64.4 Å². The average Bonchev–Trinajstić information content (AvgIpc) is 2.50. The van der Waals surface area contributed by atoms with Crippen LogP contribution in [0.15, 0.2) is 24.3 Å². The van der Waals surface area contributed by atoms with Gasteiger partial charge in [-0.3, -0.25) is 0 Å². The number of rotatable bonds is 9. The molecule has 162 valence electrons. The highest BCUT2D eigenvalue weighted by molar-refractivity contribution is 5.87. The van der Waals surface area contributed by atoms with Gasteiger partial charge in [0.15, 0.2) is 6.61 Å². The summed E-state index contributed by atoms with van der Waals surface area (Å²) in [6.45, 7) is 4.48. The number of esters is 2. The number of halogens is 8. The van der Waals surface area contributed by atoms with Crippen LogP contribution in [0.3, 0.4) is 0 Å². The highest BCUT2D eigenvalue weighted by Crippen LogP contribution is 2.55. The minimum absolute atomic E-state index is 0.604. The normalized spacial score (nSPS) is 13.7. The molecule has 0 saturated heterocycles. The lowest BCUT2D eigenvalue weighted by Crippen LogP contribution is -2.70. The zero-order valence-electron chi connectivity index (χ0n) is 14.2. The summed E-state index contributed by atoms with van der Waals surface area (Å²) in [6.07, 6.45) is 0. The number of carbonyl (C=O) groups excluding carboxylic acids is 2. The van der Waals surface area contributed by atoms with E-state index in [2.05, 4.69) is 22.6 Å². The Balaban J connectivity index is 5.94. The second kappa shape index (κ2) is 7.66. The second-order valence-corrected chi connectivity index (χ2v) is 5.56. The lowest BCUT2D eigenvalue weighted by Gasteiger charge is -2.40. The lowest BCUT2D eigenvalue weighted by molar-refractivity contribution is -0.475. The van der Waals surface area contributed by atoms with E-state index in [0.29, 0.717) is 0 Å². The first kappa shape index (κ1) is 25.8. The molecule has 0 rings (SSSR count). The molecule has 0 bridgehead atoms. The fourth-order valence-corrected chi connectivity index (χ4v) is 1.28. The third kappa shape index (κ3) is 4.43. The highest BCUT2D eigenvalue weighted by Gasteiger charge is 2.86. The number of aliphatic hydroxyl groups is 2. The summed E-state index contributed by atoms with van der Waals surface area (Å²) in [4.78, 5) is 21.9. The van der Waals surface area contributed by atoms with Gasteiger partial charge >= 0.3 is 41.6 Å². The molecule has 28 heavy (non-hydrogen) atoms. The number of hydrogen-bond acceptors (Lipinski definition) is 6. The van der Waals surface area contributed by atoms with Crippen molar-refractivity contribution in [3.8, 4) is 0 Å². The predicted molar refractivity (Wildman–Crippen MR) is 73.6 cm³/mol. The van der Waals surface area contributed by atoms with Crippen molar-refractivity contribution in [1.29, 1.82) is 0 Å². The van der Waals surface area contributed by atoms with Crippen LogP contribution in [0.25, 0.3) is 0 Å². The Labute approximate surface area is 152 Å². The third-order valence-corrected chi connectivity index (χ3v) is 2.97. The quantitative estimate of drug-likeness (QED) is 0.253. The Morgan fingerprint density at radius 2 is 1.18 bits per heavy atom. The van der Waals surface area contributed by atoms with Crippen LogP contribution in [0.4, 0.5) is 35.1 Å². The first-order valence-corrected chi connectivity index (χ1v) is 6.83. The van der Waals surface area contributed by atoms with Gasteiger partial charge in [-0.2, -0.15) is 35.1 Å². The van der Waals surface area contributed by atoms with Crippen molar-refractivity contribution in [1.82, 2.24) is 0 Å². The van der Waals surface area contributed by atoms with Crippen LogP contribution in [-0.2, 0) is 19.1 Å². The van der Waals surface area contributed by atoms with E-state index in [-0.39, 0.29) is 0 Å². The molecule has 0 aliphatic rings. The van der Waals surface area contributed by atoms with E-state index >= 15 is 0 Å². The molecular weight excluding hydrogens is 416 g/mol. The number of hydrogen-bond donors (Lipinski definition) is 2. The van der Waals surface area contributed by atoms with Crippen LogP contribution in [0.5, 0.6) is 0 Å². The van der Waals surface area contributed by atoms with Gasteiger partial charge in [0.05, 0.1) is 0 Å². The molecule has 6 nitrogen and oxygen atoms in total. The monoisotopic (exact) mass is 430 g/mol. The molecule has 2 N–H and O–H groups in total. The predicted octanol–water partition coefficient (Wildman–Crippen LogP) is 2.40. The molecule has 14 heteroatoms.